The topological polar surface area (TPSA) is 52.5 Å². The van der Waals surface area contributed by atoms with Crippen LogP contribution < -0.4 is 5.32 Å². The Morgan fingerprint density at radius 3 is 2.10 bits per heavy atom. The maximum atomic E-state index is 11.0. The fourth-order valence-corrected chi connectivity index (χ4v) is 3.34. The van der Waals surface area contributed by atoms with Crippen LogP contribution in [-0.4, -0.2) is 10.2 Å². The van der Waals surface area contributed by atoms with Crippen molar-refractivity contribution in [3.63, 3.8) is 0 Å². The van der Waals surface area contributed by atoms with Gasteiger partial charge < -0.3 is 15.5 Å². The van der Waals surface area contributed by atoms with Gasteiger partial charge in [-0.2, -0.15) is 0 Å². The Morgan fingerprint density at radius 2 is 1.41 bits per heavy atom. The van der Waals surface area contributed by atoms with E-state index in [1.165, 1.54) is 0 Å². The number of halogens is 1. The van der Waals surface area contributed by atoms with Crippen LogP contribution in [-0.2, 0) is 19.4 Å². The van der Waals surface area contributed by atoms with Crippen LogP contribution in [0.3, 0.4) is 0 Å². The SMILES string of the molecule is C=CCc1ccc(O)c(-c2cc(CC=C)cc(NCc3ccc(Cl)cc3)c2O)c1. The lowest BCUT2D eigenvalue weighted by molar-refractivity contribution is 0.470. The zero-order valence-corrected chi connectivity index (χ0v) is 16.9. The molecule has 3 aromatic carbocycles. The van der Waals surface area contributed by atoms with Gasteiger partial charge in [-0.15, -0.1) is 13.2 Å². The first-order valence-electron chi connectivity index (χ1n) is 9.40. The van der Waals surface area contributed by atoms with Crippen LogP contribution in [0.1, 0.15) is 16.7 Å². The summed E-state index contributed by atoms with van der Waals surface area (Å²) >= 11 is 5.95. The number of aromatic hydroxyl groups is 2. The molecule has 0 heterocycles. The van der Waals surface area contributed by atoms with Gasteiger partial charge in [0.15, 0.2) is 0 Å². The first-order chi connectivity index (χ1) is 14.0. The lowest BCUT2D eigenvalue weighted by Crippen LogP contribution is -2.01. The summed E-state index contributed by atoms with van der Waals surface area (Å²) in [6, 6.07) is 16.7. The van der Waals surface area contributed by atoms with Crippen LogP contribution in [0.15, 0.2) is 79.9 Å². The summed E-state index contributed by atoms with van der Waals surface area (Å²) in [7, 11) is 0. The molecule has 3 nitrogen and oxygen atoms in total. The molecule has 0 amide bonds. The van der Waals surface area contributed by atoms with Crippen molar-refractivity contribution in [2.45, 2.75) is 19.4 Å². The number of rotatable bonds is 8. The molecule has 0 saturated heterocycles. The van der Waals surface area contributed by atoms with Crippen LogP contribution in [0.5, 0.6) is 11.5 Å². The molecular formula is C25H24ClNO2. The third-order valence-electron chi connectivity index (χ3n) is 4.68. The number of hydrogen-bond acceptors (Lipinski definition) is 3. The minimum absolute atomic E-state index is 0.0952. The molecule has 0 fully saturated rings. The van der Waals surface area contributed by atoms with Gasteiger partial charge in [0.25, 0.3) is 0 Å². The minimum atomic E-state index is 0.0952. The van der Waals surface area contributed by atoms with Crippen LogP contribution in [0.25, 0.3) is 11.1 Å². The molecule has 0 atom stereocenters. The standard InChI is InChI=1S/C25H24ClNO2/c1-3-5-17-9-12-24(28)21(13-17)22-14-19(6-4-2)15-23(25(22)29)27-16-18-7-10-20(26)11-8-18/h3-4,7-15,27-29H,1-2,5-6,16H2. The molecule has 0 aliphatic carbocycles. The normalized spacial score (nSPS) is 10.5. The van der Waals surface area contributed by atoms with Crippen LogP contribution >= 0.6 is 11.6 Å². The number of hydrogen-bond donors (Lipinski definition) is 3. The first-order valence-corrected chi connectivity index (χ1v) is 9.78. The summed E-state index contributed by atoms with van der Waals surface area (Å²) in [6.45, 7) is 8.11. The molecule has 29 heavy (non-hydrogen) atoms. The smallest absolute Gasteiger partial charge is 0.146 e. The number of allylic oxidation sites excluding steroid dienone is 2. The lowest BCUT2D eigenvalue weighted by atomic mass is 9.96. The third kappa shape index (κ3) is 5.01. The van der Waals surface area contributed by atoms with Crippen molar-refractivity contribution in [3.05, 3.63) is 102 Å². The monoisotopic (exact) mass is 405 g/mol. The average Bonchev–Trinajstić information content (AvgIpc) is 2.71. The highest BCUT2D eigenvalue weighted by Gasteiger charge is 2.15. The Kier molecular flexibility index (Phi) is 6.63. The predicted molar refractivity (Wildman–Crippen MR) is 122 cm³/mol. The highest BCUT2D eigenvalue weighted by Crippen LogP contribution is 2.41. The molecule has 0 radical (unpaired) electrons. The van der Waals surface area contributed by atoms with E-state index in [1.54, 1.807) is 6.07 Å². The van der Waals surface area contributed by atoms with Crippen molar-refractivity contribution in [1.82, 2.24) is 0 Å². The van der Waals surface area contributed by atoms with Crippen molar-refractivity contribution in [1.29, 1.82) is 0 Å². The molecule has 0 bridgehead atoms. The third-order valence-corrected chi connectivity index (χ3v) is 4.93. The van der Waals surface area contributed by atoms with E-state index in [0.29, 0.717) is 41.2 Å². The van der Waals surface area contributed by atoms with Gasteiger partial charge in [0.1, 0.15) is 11.5 Å². The summed E-state index contributed by atoms with van der Waals surface area (Å²) < 4.78 is 0. The van der Waals surface area contributed by atoms with Crippen molar-refractivity contribution in [3.8, 4) is 22.6 Å². The molecule has 0 spiro atoms. The maximum Gasteiger partial charge on any atom is 0.146 e. The molecule has 3 aromatic rings. The van der Waals surface area contributed by atoms with E-state index in [0.717, 1.165) is 16.7 Å². The minimum Gasteiger partial charge on any atom is -0.507 e. The lowest BCUT2D eigenvalue weighted by Gasteiger charge is -2.16. The number of benzene rings is 3. The molecular weight excluding hydrogens is 382 g/mol. The Labute approximate surface area is 176 Å². The molecule has 0 aliphatic rings. The van der Waals surface area contributed by atoms with Gasteiger partial charge in [-0.1, -0.05) is 42.0 Å². The maximum absolute atomic E-state index is 11.0. The Bertz CT molecular complexity index is 1030. The summed E-state index contributed by atoms with van der Waals surface area (Å²) in [5, 5.41) is 25.4. The Balaban J connectivity index is 2.01. The number of nitrogens with one attached hydrogen (secondary N) is 1. The second-order valence-corrected chi connectivity index (χ2v) is 7.29. The fourth-order valence-electron chi connectivity index (χ4n) is 3.21. The van der Waals surface area contributed by atoms with E-state index in [-0.39, 0.29) is 11.5 Å². The van der Waals surface area contributed by atoms with Gasteiger partial charge >= 0.3 is 0 Å². The van der Waals surface area contributed by atoms with E-state index in [9.17, 15) is 10.2 Å². The molecule has 0 unspecified atom stereocenters. The zero-order valence-electron chi connectivity index (χ0n) is 16.2. The van der Waals surface area contributed by atoms with E-state index in [2.05, 4.69) is 18.5 Å². The summed E-state index contributed by atoms with van der Waals surface area (Å²) in [5.41, 5.74) is 4.80. The average molecular weight is 406 g/mol. The Hall–Kier alpha value is -3.17. The fraction of sp³-hybridized carbons (Fsp3) is 0.120. The van der Waals surface area contributed by atoms with E-state index in [1.807, 2.05) is 60.7 Å². The van der Waals surface area contributed by atoms with Crippen molar-refractivity contribution >= 4 is 17.3 Å². The van der Waals surface area contributed by atoms with Gasteiger partial charge in [-0.05, 0) is 65.9 Å². The number of anilines is 1. The summed E-state index contributed by atoms with van der Waals surface area (Å²) in [5.74, 6) is 0.213. The first kappa shape index (κ1) is 20.6. The molecule has 0 aliphatic heterocycles. The predicted octanol–water partition coefficient (Wildman–Crippen LogP) is 6.49. The van der Waals surface area contributed by atoms with Gasteiger partial charge in [0, 0.05) is 22.7 Å². The second kappa shape index (κ2) is 9.35. The molecule has 0 saturated carbocycles. The van der Waals surface area contributed by atoms with Gasteiger partial charge in [0.2, 0.25) is 0 Å². The van der Waals surface area contributed by atoms with Crippen LogP contribution in [0.4, 0.5) is 5.69 Å². The summed E-state index contributed by atoms with van der Waals surface area (Å²) in [4.78, 5) is 0. The van der Waals surface area contributed by atoms with Crippen molar-refractivity contribution < 1.29 is 10.2 Å². The number of phenolic OH excluding ortho intramolecular Hbond substituents is 2. The number of phenols is 2. The second-order valence-electron chi connectivity index (χ2n) is 6.86. The molecule has 3 rings (SSSR count). The van der Waals surface area contributed by atoms with Crippen LogP contribution in [0.2, 0.25) is 5.02 Å². The van der Waals surface area contributed by atoms with Gasteiger partial charge in [-0.3, -0.25) is 0 Å². The van der Waals surface area contributed by atoms with Crippen molar-refractivity contribution in [2.75, 3.05) is 5.32 Å². The molecule has 3 N–H and O–H groups in total. The van der Waals surface area contributed by atoms with E-state index >= 15 is 0 Å². The van der Waals surface area contributed by atoms with Gasteiger partial charge in [0.05, 0.1) is 5.69 Å². The summed E-state index contributed by atoms with van der Waals surface area (Å²) in [6.07, 6.45) is 4.95. The van der Waals surface area contributed by atoms with Crippen molar-refractivity contribution in [2.24, 2.45) is 0 Å². The molecule has 0 aromatic heterocycles. The van der Waals surface area contributed by atoms with E-state index < -0.39 is 0 Å². The zero-order chi connectivity index (χ0) is 20.8. The largest absolute Gasteiger partial charge is 0.507 e. The highest BCUT2D eigenvalue weighted by molar-refractivity contribution is 6.30. The highest BCUT2D eigenvalue weighted by atomic mass is 35.5. The quantitative estimate of drug-likeness (QED) is 0.296. The van der Waals surface area contributed by atoms with E-state index in [4.69, 9.17) is 11.6 Å². The van der Waals surface area contributed by atoms with Gasteiger partial charge in [-0.25, -0.2) is 0 Å². The Morgan fingerprint density at radius 1 is 0.793 bits per heavy atom. The molecule has 4 heteroatoms. The van der Waals surface area contributed by atoms with Crippen LogP contribution in [0, 0.1) is 0 Å². The molecule has 148 valence electrons.